The molecule has 10 heteroatoms. The highest BCUT2D eigenvalue weighted by atomic mass is 19.1. The molecule has 9 nitrogen and oxygen atoms in total. The van der Waals surface area contributed by atoms with Crippen LogP contribution in [0.15, 0.2) is 71.5 Å². The van der Waals surface area contributed by atoms with Crippen molar-refractivity contribution in [1.82, 2.24) is 25.9 Å². The van der Waals surface area contributed by atoms with E-state index in [9.17, 15) is 11.0 Å². The Labute approximate surface area is 233 Å². The van der Waals surface area contributed by atoms with Crippen molar-refractivity contribution in [3.8, 4) is 17.4 Å². The Kier molecular flexibility index (Phi) is 6.21. The summed E-state index contributed by atoms with van der Waals surface area (Å²) in [4.78, 5) is 8.72. The van der Waals surface area contributed by atoms with E-state index < -0.39 is 6.02 Å². The van der Waals surface area contributed by atoms with Crippen LogP contribution in [0, 0.1) is 22.6 Å². The maximum Gasteiger partial charge on any atom is 0.181 e. The first-order valence-corrected chi connectivity index (χ1v) is 13.2. The molecule has 0 radical (unpaired) electrons. The zero-order valence-electron chi connectivity index (χ0n) is 23.5. The summed E-state index contributed by atoms with van der Waals surface area (Å²) in [5.74, 6) is 0.111. The van der Waals surface area contributed by atoms with E-state index in [4.69, 9.17) is 4.42 Å². The van der Waals surface area contributed by atoms with Crippen LogP contribution in [0.25, 0.3) is 22.2 Å². The lowest BCUT2D eigenvalue weighted by atomic mass is 9.96. The van der Waals surface area contributed by atoms with Gasteiger partial charge in [-0.2, -0.15) is 5.26 Å². The zero-order valence-corrected chi connectivity index (χ0v) is 22.5. The molecule has 2 aromatic heterocycles. The fourth-order valence-corrected chi connectivity index (χ4v) is 4.60. The molecule has 1 aliphatic heterocycles. The van der Waals surface area contributed by atoms with E-state index in [0.717, 1.165) is 12.8 Å². The first kappa shape index (κ1) is 24.4. The minimum absolute atomic E-state index is 0.0497. The van der Waals surface area contributed by atoms with Crippen LogP contribution in [0.3, 0.4) is 0 Å². The molecule has 1 saturated carbocycles. The molecule has 4 N–H and O–H groups in total. The predicted octanol–water partition coefficient (Wildman–Crippen LogP) is 5.84. The van der Waals surface area contributed by atoms with Crippen molar-refractivity contribution in [2.45, 2.75) is 45.7 Å². The molecule has 6 rings (SSSR count). The lowest BCUT2D eigenvalue weighted by Crippen LogP contribution is -2.38. The van der Waals surface area contributed by atoms with Crippen molar-refractivity contribution >= 4 is 22.3 Å². The van der Waals surface area contributed by atoms with Crippen molar-refractivity contribution in [3.63, 3.8) is 0 Å². The summed E-state index contributed by atoms with van der Waals surface area (Å²) in [5.41, 5.74) is 10.2. The van der Waals surface area contributed by atoms with Crippen LogP contribution in [0.2, 0.25) is 0 Å². The van der Waals surface area contributed by atoms with Crippen LogP contribution in [0.4, 0.5) is 15.8 Å². The molecule has 1 aliphatic carbocycles. The van der Waals surface area contributed by atoms with Gasteiger partial charge in [0.25, 0.3) is 0 Å². The van der Waals surface area contributed by atoms with Gasteiger partial charge in [0, 0.05) is 41.6 Å². The van der Waals surface area contributed by atoms with Crippen molar-refractivity contribution in [2.75, 3.05) is 17.2 Å². The highest BCUT2D eigenvalue weighted by Crippen LogP contribution is 2.38. The molecule has 1 fully saturated rings. The molecule has 2 aromatic carbocycles. The van der Waals surface area contributed by atoms with E-state index in [-0.39, 0.29) is 11.2 Å². The van der Waals surface area contributed by atoms with E-state index in [2.05, 4.69) is 58.4 Å². The Bertz CT molecular complexity index is 1660. The van der Waals surface area contributed by atoms with E-state index >= 15 is 0 Å². The zero-order chi connectivity index (χ0) is 28.8. The molecule has 0 spiro atoms. The largest absolute Gasteiger partial charge is 0.443 e. The van der Waals surface area contributed by atoms with Crippen LogP contribution in [0.5, 0.6) is 0 Å². The van der Waals surface area contributed by atoms with E-state index in [1.165, 1.54) is 18.5 Å². The number of anilines is 2. The number of fused-ring (bicyclic) bond motifs is 1. The number of aromatic nitrogens is 2. The number of hydrazine groups is 2. The smallest absolute Gasteiger partial charge is 0.181 e. The van der Waals surface area contributed by atoms with Gasteiger partial charge in [0.05, 0.1) is 36.1 Å². The maximum absolute atomic E-state index is 13.9. The van der Waals surface area contributed by atoms with Crippen LogP contribution in [-0.2, 0) is 0 Å². The van der Waals surface area contributed by atoms with Gasteiger partial charge in [-0.1, -0.05) is 32.9 Å². The van der Waals surface area contributed by atoms with Gasteiger partial charge in [-0.15, -0.1) is 5.53 Å². The van der Waals surface area contributed by atoms with Crippen molar-refractivity contribution < 1.29 is 10.2 Å². The number of oxazole rings is 1. The summed E-state index contributed by atoms with van der Waals surface area (Å²) in [6.45, 7) is 6.95. The summed E-state index contributed by atoms with van der Waals surface area (Å²) < 4.78 is 29.3. The number of pyridine rings is 1. The molecule has 2 aliphatic rings. The highest BCUT2D eigenvalue weighted by Gasteiger charge is 2.32. The number of rotatable bonds is 8. The van der Waals surface area contributed by atoms with E-state index in [0.29, 0.717) is 63.0 Å². The Morgan fingerprint density at radius 3 is 2.73 bits per heavy atom. The minimum Gasteiger partial charge on any atom is -0.443 e. The molecule has 0 bridgehead atoms. The molecular weight excluding hydrogens is 507 g/mol. The second-order valence-corrected chi connectivity index (χ2v) is 11.3. The third-order valence-corrected chi connectivity index (χ3v) is 6.78. The van der Waals surface area contributed by atoms with Crippen LogP contribution in [-0.4, -0.2) is 27.6 Å². The van der Waals surface area contributed by atoms with Crippen molar-refractivity contribution in [2.24, 2.45) is 5.41 Å². The first-order valence-electron chi connectivity index (χ1n) is 13.7. The van der Waals surface area contributed by atoms with Gasteiger partial charge >= 0.3 is 0 Å². The van der Waals surface area contributed by atoms with Gasteiger partial charge in [0.1, 0.15) is 11.9 Å². The van der Waals surface area contributed by atoms with Crippen LogP contribution < -0.4 is 21.6 Å². The summed E-state index contributed by atoms with van der Waals surface area (Å²) in [6, 6.07) is 10.7. The Balaban J connectivity index is 1.52. The molecule has 0 amide bonds. The summed E-state index contributed by atoms with van der Waals surface area (Å²) >= 11 is 0. The average Bonchev–Trinajstić information content (AvgIpc) is 3.42. The Morgan fingerprint density at radius 1 is 1.25 bits per heavy atom. The number of nitriles is 1. The third kappa shape index (κ3) is 5.28. The first-order chi connectivity index (χ1) is 19.6. The molecule has 40 heavy (non-hydrogen) atoms. The number of nitrogens with zero attached hydrogens (tertiary/aromatic N) is 4. The SMILES string of the molecule is [2H]C(Nc1cc(-c2cnco2)c2ncc(C#N)c(NCC(C)(C)C)c2c1)(C1=CN(C2CC2)NN1)c1ccc(F)cc1. The average molecular weight is 540 g/mol. The number of benzene rings is 2. The molecule has 204 valence electrons. The fourth-order valence-electron chi connectivity index (χ4n) is 4.60. The van der Waals surface area contributed by atoms with Gasteiger partial charge in [0.2, 0.25) is 0 Å². The van der Waals surface area contributed by atoms with Gasteiger partial charge in [0.15, 0.2) is 12.2 Å². The Morgan fingerprint density at radius 2 is 2.05 bits per heavy atom. The standard InChI is InChI=1S/C30H31FN8O/c1-30(2,3)16-35-27-19(12-32)13-34-29-23(26-14-33-17-40-26)10-21(11-24(27)29)36-28(18-4-6-20(31)7-5-18)25-15-39(38-37-25)22-8-9-22/h4-7,10-11,13-15,17,22,28,36-38H,8-9,16H2,1-3H3,(H,34,35)/i28D. The van der Waals surface area contributed by atoms with Gasteiger partial charge in [-0.05, 0) is 48.1 Å². The highest BCUT2D eigenvalue weighted by molar-refractivity contribution is 6.03. The lowest BCUT2D eigenvalue weighted by Gasteiger charge is -2.24. The Hall–Kier alpha value is -4.62. The lowest BCUT2D eigenvalue weighted by molar-refractivity contribution is 0.260. The molecule has 1 atom stereocenters. The van der Waals surface area contributed by atoms with E-state index in [1.807, 2.05) is 23.3 Å². The molecule has 1 unspecified atom stereocenters. The summed E-state index contributed by atoms with van der Waals surface area (Å²) in [6.07, 6.45) is 8.52. The number of hydrogen-bond acceptors (Lipinski definition) is 9. The van der Waals surface area contributed by atoms with Crippen molar-refractivity contribution in [1.29, 1.82) is 5.26 Å². The number of hydrogen-bond donors (Lipinski definition) is 4. The quantitative estimate of drug-likeness (QED) is 0.219. The maximum atomic E-state index is 13.9. The van der Waals surface area contributed by atoms with Crippen LogP contribution >= 0.6 is 0 Å². The number of nitrogens with one attached hydrogen (secondary N) is 4. The summed E-state index contributed by atoms with van der Waals surface area (Å²) in [7, 11) is 0. The van der Waals surface area contributed by atoms with Gasteiger partial charge in [-0.3, -0.25) is 9.99 Å². The van der Waals surface area contributed by atoms with Gasteiger partial charge < -0.3 is 20.5 Å². The fraction of sp³-hybridized carbons (Fsp3) is 0.300. The third-order valence-electron chi connectivity index (χ3n) is 6.78. The monoisotopic (exact) mass is 539 g/mol. The molecule has 4 aromatic rings. The minimum atomic E-state index is -1.53. The molecule has 0 saturated heterocycles. The normalized spacial score (nSPS) is 17.0. The second kappa shape index (κ2) is 10.2. The second-order valence-electron chi connectivity index (χ2n) is 11.3. The predicted molar refractivity (Wildman–Crippen MR) is 152 cm³/mol. The topological polar surface area (TPSA) is 114 Å². The van der Waals surface area contributed by atoms with E-state index in [1.54, 1.807) is 24.5 Å². The molecule has 3 heterocycles. The van der Waals surface area contributed by atoms with Gasteiger partial charge in [-0.25, -0.2) is 9.37 Å². The summed E-state index contributed by atoms with van der Waals surface area (Å²) in [5, 5.41) is 19.4. The van der Waals surface area contributed by atoms with Crippen molar-refractivity contribution in [3.05, 3.63) is 84.0 Å². The van der Waals surface area contributed by atoms with Crippen LogP contribution in [0.1, 0.15) is 52.1 Å². The number of halogens is 1. The molecular formula is C30H31FN8O.